The van der Waals surface area contributed by atoms with Crippen molar-refractivity contribution in [2.45, 2.75) is 39.0 Å². The van der Waals surface area contributed by atoms with Crippen LogP contribution in [0.4, 0.5) is 4.79 Å². The molecule has 2 aromatic carbocycles. The van der Waals surface area contributed by atoms with E-state index in [1.807, 2.05) is 38.1 Å². The molecular weight excluding hydrogens is 444 g/mol. The highest BCUT2D eigenvalue weighted by atomic mass is 16.5. The molecule has 1 unspecified atom stereocenters. The second kappa shape index (κ2) is 10.9. The number of carbonyl (C=O) groups excluding carboxylic acids is 2. The van der Waals surface area contributed by atoms with E-state index in [1.54, 1.807) is 4.90 Å². The summed E-state index contributed by atoms with van der Waals surface area (Å²) in [4.78, 5) is 38.4. The molecule has 1 saturated heterocycles. The first-order valence-corrected chi connectivity index (χ1v) is 12.4. The third kappa shape index (κ3) is 5.66. The first kappa shape index (κ1) is 24.8. The average Bonchev–Trinajstić information content (AvgIpc) is 3.18. The van der Waals surface area contributed by atoms with Crippen LogP contribution in [0.1, 0.15) is 50.2 Å². The van der Waals surface area contributed by atoms with Crippen molar-refractivity contribution < 1.29 is 24.2 Å². The summed E-state index contributed by atoms with van der Waals surface area (Å²) in [5.41, 5.74) is 4.68. The van der Waals surface area contributed by atoms with Gasteiger partial charge in [-0.25, -0.2) is 4.79 Å². The largest absolute Gasteiger partial charge is 0.481 e. The minimum Gasteiger partial charge on any atom is -0.481 e. The van der Waals surface area contributed by atoms with Gasteiger partial charge in [0.25, 0.3) is 0 Å². The highest BCUT2D eigenvalue weighted by Crippen LogP contribution is 2.44. The topological polar surface area (TPSA) is 95.9 Å². The maximum atomic E-state index is 12.8. The number of benzene rings is 2. The second-order valence-corrected chi connectivity index (χ2v) is 9.93. The highest BCUT2D eigenvalue weighted by molar-refractivity contribution is 5.79. The van der Waals surface area contributed by atoms with Gasteiger partial charge < -0.3 is 20.1 Å². The Balaban J connectivity index is 1.30. The Morgan fingerprint density at radius 3 is 2.29 bits per heavy atom. The number of likely N-dealkylation sites (tertiary alicyclic amines) is 1. The van der Waals surface area contributed by atoms with Gasteiger partial charge in [-0.1, -0.05) is 62.4 Å². The van der Waals surface area contributed by atoms with Crippen molar-refractivity contribution in [3.05, 3.63) is 59.7 Å². The molecule has 0 aromatic heterocycles. The van der Waals surface area contributed by atoms with Crippen LogP contribution >= 0.6 is 0 Å². The highest BCUT2D eigenvalue weighted by Gasteiger charge is 2.31. The normalized spacial score (nSPS) is 18.0. The number of alkyl carbamates (subject to hydrolysis) is 1. The molecule has 0 radical (unpaired) electrons. The number of aliphatic carboxylic acids is 1. The molecule has 1 heterocycles. The Morgan fingerprint density at radius 1 is 1.06 bits per heavy atom. The molecule has 1 aliphatic carbocycles. The van der Waals surface area contributed by atoms with Gasteiger partial charge >= 0.3 is 12.1 Å². The van der Waals surface area contributed by atoms with E-state index >= 15 is 0 Å². The van der Waals surface area contributed by atoms with Crippen LogP contribution in [-0.2, 0) is 14.3 Å². The van der Waals surface area contributed by atoms with Gasteiger partial charge in [-0.15, -0.1) is 0 Å². The summed E-state index contributed by atoms with van der Waals surface area (Å²) in [6.45, 7) is 5.47. The monoisotopic (exact) mass is 478 g/mol. The lowest BCUT2D eigenvalue weighted by molar-refractivity contribution is -0.146. The number of carboxylic acid groups (broad SMARTS) is 1. The number of amides is 2. The quantitative estimate of drug-likeness (QED) is 0.582. The zero-order valence-electron chi connectivity index (χ0n) is 20.4. The number of fused-ring (bicyclic) bond motifs is 3. The van der Waals surface area contributed by atoms with Gasteiger partial charge in [0.1, 0.15) is 6.61 Å². The molecule has 2 aliphatic rings. The number of piperidine rings is 1. The SMILES string of the molecule is CC(C)C(CNC(=O)OCC1c2ccccc2-c2ccccc21)CC(=O)N1CCC[C@@H](C(=O)O)C1. The van der Waals surface area contributed by atoms with Gasteiger partial charge in [0, 0.05) is 32.0 Å². The van der Waals surface area contributed by atoms with Crippen molar-refractivity contribution in [3.8, 4) is 11.1 Å². The van der Waals surface area contributed by atoms with Gasteiger partial charge in [-0.3, -0.25) is 9.59 Å². The van der Waals surface area contributed by atoms with Crippen LogP contribution in [0, 0.1) is 17.8 Å². The van der Waals surface area contributed by atoms with Crippen LogP contribution in [0.25, 0.3) is 11.1 Å². The van der Waals surface area contributed by atoms with Crippen LogP contribution in [0.3, 0.4) is 0 Å². The maximum absolute atomic E-state index is 12.8. The van der Waals surface area contributed by atoms with Crippen molar-refractivity contribution in [1.82, 2.24) is 10.2 Å². The predicted octanol–water partition coefficient (Wildman–Crippen LogP) is 4.51. The predicted molar refractivity (Wildman–Crippen MR) is 133 cm³/mol. The molecule has 2 atom stereocenters. The fourth-order valence-electron chi connectivity index (χ4n) is 5.17. The first-order chi connectivity index (χ1) is 16.8. The summed E-state index contributed by atoms with van der Waals surface area (Å²) >= 11 is 0. The van der Waals surface area contributed by atoms with Gasteiger partial charge in [-0.05, 0) is 46.9 Å². The van der Waals surface area contributed by atoms with Crippen LogP contribution in [0.2, 0.25) is 0 Å². The van der Waals surface area contributed by atoms with E-state index in [1.165, 1.54) is 11.1 Å². The third-order valence-electron chi connectivity index (χ3n) is 7.36. The number of carbonyl (C=O) groups is 3. The summed E-state index contributed by atoms with van der Waals surface area (Å²) < 4.78 is 5.62. The van der Waals surface area contributed by atoms with Crippen molar-refractivity contribution in [1.29, 1.82) is 0 Å². The number of carboxylic acids is 1. The molecule has 1 aliphatic heterocycles. The molecule has 35 heavy (non-hydrogen) atoms. The molecule has 7 nitrogen and oxygen atoms in total. The lowest BCUT2D eigenvalue weighted by atomic mass is 9.91. The fraction of sp³-hybridized carbons (Fsp3) is 0.464. The molecule has 0 spiro atoms. The average molecular weight is 479 g/mol. The van der Waals surface area contributed by atoms with Crippen molar-refractivity contribution in [3.63, 3.8) is 0 Å². The number of ether oxygens (including phenoxy) is 1. The Bertz CT molecular complexity index is 1040. The van der Waals surface area contributed by atoms with E-state index in [0.29, 0.717) is 25.9 Å². The Kier molecular flexibility index (Phi) is 7.73. The summed E-state index contributed by atoms with van der Waals surface area (Å²) in [6.07, 6.45) is 1.09. The summed E-state index contributed by atoms with van der Waals surface area (Å²) in [5.74, 6) is -1.29. The lowest BCUT2D eigenvalue weighted by Gasteiger charge is -2.32. The molecule has 2 N–H and O–H groups in total. The number of nitrogens with zero attached hydrogens (tertiary/aromatic N) is 1. The van der Waals surface area contributed by atoms with Crippen molar-refractivity contribution >= 4 is 18.0 Å². The zero-order valence-corrected chi connectivity index (χ0v) is 20.4. The van der Waals surface area contributed by atoms with Gasteiger partial charge in [0.15, 0.2) is 0 Å². The number of hydrogen-bond acceptors (Lipinski definition) is 4. The van der Waals surface area contributed by atoms with Crippen molar-refractivity contribution in [2.24, 2.45) is 17.8 Å². The van der Waals surface area contributed by atoms with Crippen LogP contribution in [-0.4, -0.2) is 54.2 Å². The van der Waals surface area contributed by atoms with Gasteiger partial charge in [0.05, 0.1) is 5.92 Å². The van der Waals surface area contributed by atoms with E-state index in [4.69, 9.17) is 4.74 Å². The molecule has 0 saturated carbocycles. The summed E-state index contributed by atoms with van der Waals surface area (Å²) in [5, 5.41) is 12.1. The van der Waals surface area contributed by atoms with Gasteiger partial charge in [-0.2, -0.15) is 0 Å². The van der Waals surface area contributed by atoms with Gasteiger partial charge in [0.2, 0.25) is 5.91 Å². The van der Waals surface area contributed by atoms with Crippen LogP contribution < -0.4 is 5.32 Å². The van der Waals surface area contributed by atoms with E-state index < -0.39 is 18.0 Å². The van der Waals surface area contributed by atoms with E-state index in [-0.39, 0.29) is 43.2 Å². The molecule has 186 valence electrons. The first-order valence-electron chi connectivity index (χ1n) is 12.4. The summed E-state index contributed by atoms with van der Waals surface area (Å²) in [7, 11) is 0. The minimum atomic E-state index is -0.847. The molecule has 2 aromatic rings. The Hall–Kier alpha value is -3.35. The molecule has 0 bridgehead atoms. The number of rotatable bonds is 8. The second-order valence-electron chi connectivity index (χ2n) is 9.93. The molecule has 7 heteroatoms. The summed E-state index contributed by atoms with van der Waals surface area (Å²) in [6, 6.07) is 16.4. The molecular formula is C28H34N2O5. The lowest BCUT2D eigenvalue weighted by Crippen LogP contribution is -2.44. The maximum Gasteiger partial charge on any atom is 0.407 e. The number of nitrogens with one attached hydrogen (secondary N) is 1. The Labute approximate surface area is 206 Å². The number of hydrogen-bond donors (Lipinski definition) is 2. The third-order valence-corrected chi connectivity index (χ3v) is 7.36. The zero-order chi connectivity index (χ0) is 24.9. The fourth-order valence-corrected chi connectivity index (χ4v) is 5.17. The molecule has 1 fully saturated rings. The van der Waals surface area contributed by atoms with E-state index in [0.717, 1.165) is 11.1 Å². The molecule has 4 rings (SSSR count). The van der Waals surface area contributed by atoms with E-state index in [2.05, 4.69) is 29.6 Å². The van der Waals surface area contributed by atoms with E-state index in [9.17, 15) is 19.5 Å². The standard InChI is InChI=1S/C28H34N2O5/c1-18(2)20(14-26(31)30-13-7-8-19(16-30)27(32)33)15-29-28(34)35-17-25-23-11-5-3-9-21(23)22-10-4-6-12-24(22)25/h3-6,9-12,18-20,25H,7-8,13-17H2,1-2H3,(H,29,34)(H,32,33)/t19-,20?/m1/s1. The molecule has 2 amide bonds. The van der Waals surface area contributed by atoms with Crippen molar-refractivity contribution in [2.75, 3.05) is 26.2 Å². The smallest absolute Gasteiger partial charge is 0.407 e. The van der Waals surface area contributed by atoms with Crippen LogP contribution in [0.15, 0.2) is 48.5 Å². The Morgan fingerprint density at radius 2 is 1.69 bits per heavy atom. The minimum absolute atomic E-state index is 0.00286. The van der Waals surface area contributed by atoms with Crippen LogP contribution in [0.5, 0.6) is 0 Å².